The summed E-state index contributed by atoms with van der Waals surface area (Å²) in [6.45, 7) is 0. The molecule has 1 aliphatic carbocycles. The number of benzene rings is 1. The Morgan fingerprint density at radius 2 is 2.12 bits per heavy atom. The van der Waals surface area contributed by atoms with Crippen LogP contribution in [0.2, 0.25) is 0 Å². The van der Waals surface area contributed by atoms with Crippen LogP contribution in [0, 0.1) is 0 Å². The SMILES string of the molecule is COC(=O)c1ccn(CSc2nc3ccccc3c(=O)n2C2CC2)n1. The van der Waals surface area contributed by atoms with E-state index in [0.717, 1.165) is 12.8 Å². The number of methoxy groups -OCH3 is 1. The molecule has 0 radical (unpaired) electrons. The molecule has 1 aromatic carbocycles. The lowest BCUT2D eigenvalue weighted by Crippen LogP contribution is -2.22. The van der Waals surface area contributed by atoms with E-state index in [1.807, 2.05) is 24.3 Å². The monoisotopic (exact) mass is 356 g/mol. The van der Waals surface area contributed by atoms with Gasteiger partial charge in [0.15, 0.2) is 10.9 Å². The van der Waals surface area contributed by atoms with Crippen molar-refractivity contribution in [3.8, 4) is 0 Å². The number of fused-ring (bicyclic) bond motifs is 1. The van der Waals surface area contributed by atoms with Crippen LogP contribution in [0.1, 0.15) is 29.4 Å². The molecular formula is C17H16N4O3S. The second kappa shape index (κ2) is 6.36. The van der Waals surface area contributed by atoms with Gasteiger partial charge in [0.25, 0.3) is 5.56 Å². The van der Waals surface area contributed by atoms with Crippen molar-refractivity contribution < 1.29 is 9.53 Å². The maximum atomic E-state index is 12.8. The first-order chi connectivity index (χ1) is 12.2. The van der Waals surface area contributed by atoms with Crippen molar-refractivity contribution in [1.82, 2.24) is 19.3 Å². The highest BCUT2D eigenvalue weighted by atomic mass is 32.2. The number of hydrogen-bond donors (Lipinski definition) is 0. The molecule has 8 heteroatoms. The van der Waals surface area contributed by atoms with E-state index >= 15 is 0 Å². The molecule has 0 spiro atoms. The lowest BCUT2D eigenvalue weighted by atomic mass is 10.2. The first-order valence-electron chi connectivity index (χ1n) is 7.93. The molecule has 2 aromatic heterocycles. The minimum atomic E-state index is -0.470. The molecule has 0 amide bonds. The molecule has 0 N–H and O–H groups in total. The van der Waals surface area contributed by atoms with E-state index in [1.165, 1.54) is 18.9 Å². The van der Waals surface area contributed by atoms with E-state index in [2.05, 4.69) is 14.8 Å². The third-order valence-electron chi connectivity index (χ3n) is 4.05. The van der Waals surface area contributed by atoms with Crippen LogP contribution in [0.4, 0.5) is 0 Å². The minimum Gasteiger partial charge on any atom is -0.464 e. The highest BCUT2D eigenvalue weighted by Crippen LogP contribution is 2.37. The molecule has 7 nitrogen and oxygen atoms in total. The summed E-state index contributed by atoms with van der Waals surface area (Å²) in [6.07, 6.45) is 3.71. The molecule has 128 valence electrons. The molecule has 1 aliphatic rings. The summed E-state index contributed by atoms with van der Waals surface area (Å²) in [7, 11) is 1.32. The van der Waals surface area contributed by atoms with E-state index < -0.39 is 5.97 Å². The number of rotatable bonds is 5. The van der Waals surface area contributed by atoms with Crippen molar-refractivity contribution >= 4 is 28.6 Å². The molecule has 3 aromatic rings. The Bertz CT molecular complexity index is 1010. The summed E-state index contributed by atoms with van der Waals surface area (Å²) in [5.41, 5.74) is 0.961. The van der Waals surface area contributed by atoms with Gasteiger partial charge in [-0.15, -0.1) is 0 Å². The predicted molar refractivity (Wildman–Crippen MR) is 93.7 cm³/mol. The van der Waals surface area contributed by atoms with E-state index in [9.17, 15) is 9.59 Å². The van der Waals surface area contributed by atoms with Crippen molar-refractivity contribution in [1.29, 1.82) is 0 Å². The fourth-order valence-corrected chi connectivity index (χ4v) is 3.58. The van der Waals surface area contributed by atoms with Crippen LogP contribution in [0.5, 0.6) is 0 Å². The largest absolute Gasteiger partial charge is 0.464 e. The smallest absolute Gasteiger partial charge is 0.358 e. The topological polar surface area (TPSA) is 79.0 Å². The van der Waals surface area contributed by atoms with E-state index in [0.29, 0.717) is 21.9 Å². The maximum absolute atomic E-state index is 12.8. The number of nitrogens with zero attached hydrogens (tertiary/aromatic N) is 4. The first-order valence-corrected chi connectivity index (χ1v) is 8.92. The Morgan fingerprint density at radius 3 is 2.88 bits per heavy atom. The van der Waals surface area contributed by atoms with Gasteiger partial charge < -0.3 is 4.74 Å². The average Bonchev–Trinajstić information content (AvgIpc) is 3.36. The fraction of sp³-hybridized carbons (Fsp3) is 0.294. The molecular weight excluding hydrogens is 340 g/mol. The highest BCUT2D eigenvalue weighted by Gasteiger charge is 2.28. The summed E-state index contributed by atoms with van der Waals surface area (Å²) in [6, 6.07) is 9.23. The standard InChI is InChI=1S/C17H16N4O3S/c1-24-16(23)14-8-9-20(19-14)10-25-17-18-13-5-3-2-4-12(13)15(22)21(17)11-6-7-11/h2-5,8-9,11H,6-7,10H2,1H3. The van der Waals surface area contributed by atoms with Crippen LogP contribution >= 0.6 is 11.8 Å². The molecule has 0 unspecified atom stereocenters. The summed E-state index contributed by atoms with van der Waals surface area (Å²) in [5.74, 6) is -0.0171. The first kappa shape index (κ1) is 15.9. The third-order valence-corrected chi connectivity index (χ3v) is 4.99. The highest BCUT2D eigenvalue weighted by molar-refractivity contribution is 7.98. The van der Waals surface area contributed by atoms with Gasteiger partial charge in [0.05, 0.1) is 23.9 Å². The van der Waals surface area contributed by atoms with Gasteiger partial charge in [0.1, 0.15) is 0 Å². The number of aromatic nitrogens is 4. The summed E-state index contributed by atoms with van der Waals surface area (Å²) in [5, 5.41) is 5.50. The molecule has 1 saturated carbocycles. The van der Waals surface area contributed by atoms with Gasteiger partial charge in [-0.3, -0.25) is 14.0 Å². The molecule has 0 aliphatic heterocycles. The van der Waals surface area contributed by atoms with E-state index in [4.69, 9.17) is 0 Å². The van der Waals surface area contributed by atoms with Crippen molar-refractivity contribution in [2.24, 2.45) is 0 Å². The Kier molecular flexibility index (Phi) is 4.04. The average molecular weight is 356 g/mol. The van der Waals surface area contributed by atoms with Crippen molar-refractivity contribution in [2.75, 3.05) is 7.11 Å². The number of hydrogen-bond acceptors (Lipinski definition) is 6. The van der Waals surface area contributed by atoms with Crippen LogP contribution in [0.15, 0.2) is 46.5 Å². The van der Waals surface area contributed by atoms with Gasteiger partial charge in [0, 0.05) is 12.2 Å². The molecule has 4 rings (SSSR count). The molecule has 0 bridgehead atoms. The van der Waals surface area contributed by atoms with Crippen LogP contribution in [-0.4, -0.2) is 32.4 Å². The lowest BCUT2D eigenvalue weighted by Gasteiger charge is -2.12. The van der Waals surface area contributed by atoms with Gasteiger partial charge in [-0.25, -0.2) is 9.78 Å². The number of thioether (sulfide) groups is 1. The molecule has 0 atom stereocenters. The quantitative estimate of drug-likeness (QED) is 0.397. The number of carbonyl (C=O) groups excluding carboxylic acids is 1. The Morgan fingerprint density at radius 1 is 1.32 bits per heavy atom. The molecule has 2 heterocycles. The Hall–Kier alpha value is -2.61. The third kappa shape index (κ3) is 3.05. The predicted octanol–water partition coefficient (Wildman–Crippen LogP) is 2.46. The maximum Gasteiger partial charge on any atom is 0.358 e. The summed E-state index contributed by atoms with van der Waals surface area (Å²) < 4.78 is 8.08. The zero-order chi connectivity index (χ0) is 17.4. The van der Waals surface area contributed by atoms with Gasteiger partial charge in [-0.05, 0) is 31.0 Å². The van der Waals surface area contributed by atoms with Gasteiger partial charge in [0.2, 0.25) is 0 Å². The lowest BCUT2D eigenvalue weighted by molar-refractivity contribution is 0.0593. The molecule has 25 heavy (non-hydrogen) atoms. The van der Waals surface area contributed by atoms with Crippen LogP contribution in [0.3, 0.4) is 0 Å². The normalized spacial score (nSPS) is 14.0. The molecule has 1 fully saturated rings. The fourth-order valence-electron chi connectivity index (χ4n) is 2.65. The van der Waals surface area contributed by atoms with Gasteiger partial charge in [-0.1, -0.05) is 23.9 Å². The van der Waals surface area contributed by atoms with Crippen LogP contribution < -0.4 is 5.56 Å². The zero-order valence-corrected chi connectivity index (χ0v) is 14.4. The minimum absolute atomic E-state index is 0.00585. The summed E-state index contributed by atoms with van der Waals surface area (Å²) in [4.78, 5) is 28.9. The zero-order valence-electron chi connectivity index (χ0n) is 13.6. The number of esters is 1. The number of para-hydroxylation sites is 1. The van der Waals surface area contributed by atoms with Gasteiger partial charge >= 0.3 is 5.97 Å². The number of ether oxygens (including phenoxy) is 1. The van der Waals surface area contributed by atoms with Crippen LogP contribution in [-0.2, 0) is 10.6 Å². The second-order valence-corrected chi connectivity index (χ2v) is 6.74. The Labute approximate surface area is 147 Å². The second-order valence-electron chi connectivity index (χ2n) is 5.82. The Balaban J connectivity index is 1.65. The molecule has 0 saturated heterocycles. The van der Waals surface area contributed by atoms with E-state index in [1.54, 1.807) is 21.5 Å². The van der Waals surface area contributed by atoms with Gasteiger partial charge in [-0.2, -0.15) is 5.10 Å². The number of carbonyl (C=O) groups is 1. The van der Waals surface area contributed by atoms with E-state index in [-0.39, 0.29) is 17.3 Å². The van der Waals surface area contributed by atoms with Crippen molar-refractivity contribution in [3.63, 3.8) is 0 Å². The van der Waals surface area contributed by atoms with Crippen molar-refractivity contribution in [2.45, 2.75) is 29.9 Å². The van der Waals surface area contributed by atoms with Crippen molar-refractivity contribution in [3.05, 3.63) is 52.6 Å². The van der Waals surface area contributed by atoms with Crippen LogP contribution in [0.25, 0.3) is 10.9 Å². The summed E-state index contributed by atoms with van der Waals surface area (Å²) >= 11 is 1.43.